The van der Waals surface area contributed by atoms with Gasteiger partial charge in [-0.05, 0) is 36.2 Å². The summed E-state index contributed by atoms with van der Waals surface area (Å²) in [5.41, 5.74) is 7.49. The van der Waals surface area contributed by atoms with Crippen molar-refractivity contribution in [1.82, 2.24) is 4.98 Å². The van der Waals surface area contributed by atoms with Gasteiger partial charge in [0.05, 0.1) is 12.8 Å². The van der Waals surface area contributed by atoms with Gasteiger partial charge < -0.3 is 10.5 Å². The molecule has 0 bridgehead atoms. The first-order valence-electron chi connectivity index (χ1n) is 6.28. The zero-order valence-corrected chi connectivity index (χ0v) is 12.6. The fraction of sp³-hybridized carbons (Fsp3) is 0.214. The number of benzene rings is 1. The lowest BCUT2D eigenvalue weighted by atomic mass is 10.2. The number of methoxy groups -OCH3 is 1. The predicted octanol–water partition coefficient (Wildman–Crippen LogP) is 1.66. The molecule has 0 fully saturated rings. The third-order valence-corrected chi connectivity index (χ3v) is 4.40. The lowest BCUT2D eigenvalue weighted by Gasteiger charge is -2.13. The summed E-state index contributed by atoms with van der Waals surface area (Å²) in [5.74, 6) is 0.270. The van der Waals surface area contributed by atoms with Gasteiger partial charge in [0.1, 0.15) is 10.6 Å². The standard InChI is InChI=1S/C14H17N3O3S/c1-10-9-16-6-5-12(10)17-21(18,19)14-7-11(8-15)3-4-13(14)20-2/h3-7,9H,8,15H2,1-2H3,(H,16,17). The molecule has 21 heavy (non-hydrogen) atoms. The molecule has 0 saturated heterocycles. The van der Waals surface area contributed by atoms with Gasteiger partial charge in [0.2, 0.25) is 0 Å². The lowest BCUT2D eigenvalue weighted by Crippen LogP contribution is -2.15. The molecular weight excluding hydrogens is 290 g/mol. The first kappa shape index (κ1) is 15.3. The Morgan fingerprint density at radius 1 is 1.33 bits per heavy atom. The molecule has 3 N–H and O–H groups in total. The van der Waals surface area contributed by atoms with Crippen LogP contribution in [0.25, 0.3) is 0 Å². The van der Waals surface area contributed by atoms with Gasteiger partial charge in [-0.1, -0.05) is 6.07 Å². The third kappa shape index (κ3) is 3.32. The molecule has 0 radical (unpaired) electrons. The second-order valence-corrected chi connectivity index (χ2v) is 6.14. The molecule has 7 heteroatoms. The van der Waals surface area contributed by atoms with E-state index >= 15 is 0 Å². The highest BCUT2D eigenvalue weighted by Gasteiger charge is 2.20. The van der Waals surface area contributed by atoms with Crippen LogP contribution in [0, 0.1) is 6.92 Å². The van der Waals surface area contributed by atoms with E-state index in [-0.39, 0.29) is 17.2 Å². The van der Waals surface area contributed by atoms with Crippen molar-refractivity contribution in [1.29, 1.82) is 0 Å². The predicted molar refractivity (Wildman–Crippen MR) is 80.7 cm³/mol. The Kier molecular flexibility index (Phi) is 4.44. The molecule has 0 spiro atoms. The maximum absolute atomic E-state index is 12.5. The minimum Gasteiger partial charge on any atom is -0.495 e. The van der Waals surface area contributed by atoms with Crippen LogP contribution in [0.5, 0.6) is 5.75 Å². The maximum atomic E-state index is 12.5. The summed E-state index contributed by atoms with van der Waals surface area (Å²) in [6, 6.07) is 6.44. The average molecular weight is 307 g/mol. The number of aromatic nitrogens is 1. The first-order valence-corrected chi connectivity index (χ1v) is 7.76. The number of pyridine rings is 1. The van der Waals surface area contributed by atoms with E-state index in [2.05, 4.69) is 9.71 Å². The number of hydrogen-bond donors (Lipinski definition) is 2. The maximum Gasteiger partial charge on any atom is 0.265 e. The Balaban J connectivity index is 2.46. The summed E-state index contributed by atoms with van der Waals surface area (Å²) in [5, 5.41) is 0. The van der Waals surface area contributed by atoms with Gasteiger partial charge in [0.15, 0.2) is 0 Å². The molecule has 0 atom stereocenters. The number of hydrogen-bond acceptors (Lipinski definition) is 5. The Labute approximate surface area is 124 Å². The van der Waals surface area contributed by atoms with Gasteiger partial charge in [-0.3, -0.25) is 9.71 Å². The smallest absolute Gasteiger partial charge is 0.265 e. The fourth-order valence-corrected chi connectivity index (χ4v) is 3.20. The van der Waals surface area contributed by atoms with Gasteiger partial charge in [-0.15, -0.1) is 0 Å². The summed E-state index contributed by atoms with van der Waals surface area (Å²) in [7, 11) is -2.34. The van der Waals surface area contributed by atoms with Crippen LogP contribution in [-0.2, 0) is 16.6 Å². The number of nitrogens with one attached hydrogen (secondary N) is 1. The first-order chi connectivity index (χ1) is 9.97. The van der Waals surface area contributed by atoms with Crippen LogP contribution in [0.2, 0.25) is 0 Å². The Hall–Kier alpha value is -2.12. The second kappa shape index (κ2) is 6.11. The summed E-state index contributed by atoms with van der Waals surface area (Å²) in [4.78, 5) is 3.99. The Morgan fingerprint density at radius 3 is 2.71 bits per heavy atom. The normalized spacial score (nSPS) is 11.2. The van der Waals surface area contributed by atoms with E-state index in [9.17, 15) is 8.42 Å². The van der Waals surface area contributed by atoms with Crippen LogP contribution in [0.15, 0.2) is 41.6 Å². The summed E-state index contributed by atoms with van der Waals surface area (Å²) < 4.78 is 32.8. The quantitative estimate of drug-likeness (QED) is 0.876. The van der Waals surface area contributed by atoms with Crippen LogP contribution in [-0.4, -0.2) is 20.5 Å². The van der Waals surface area contributed by atoms with E-state index in [1.807, 2.05) is 0 Å². The van der Waals surface area contributed by atoms with Gasteiger partial charge in [-0.2, -0.15) is 0 Å². The molecule has 0 aliphatic carbocycles. The van der Waals surface area contributed by atoms with Crippen LogP contribution in [0.4, 0.5) is 5.69 Å². The molecule has 2 rings (SSSR count). The van der Waals surface area contributed by atoms with Crippen LogP contribution in [0.3, 0.4) is 0 Å². The van der Waals surface area contributed by atoms with Crippen molar-refractivity contribution >= 4 is 15.7 Å². The van der Waals surface area contributed by atoms with Crippen LogP contribution >= 0.6 is 0 Å². The number of ether oxygens (including phenoxy) is 1. The molecule has 1 heterocycles. The average Bonchev–Trinajstić information content (AvgIpc) is 2.48. The zero-order chi connectivity index (χ0) is 15.5. The van der Waals surface area contributed by atoms with Crippen LogP contribution in [0.1, 0.15) is 11.1 Å². The molecule has 112 valence electrons. The van der Waals surface area contributed by atoms with E-state index in [0.717, 1.165) is 5.56 Å². The van der Waals surface area contributed by atoms with E-state index in [4.69, 9.17) is 10.5 Å². The van der Waals surface area contributed by atoms with Gasteiger partial charge >= 0.3 is 0 Å². The molecule has 1 aromatic heterocycles. The fourth-order valence-electron chi connectivity index (χ4n) is 1.85. The molecule has 6 nitrogen and oxygen atoms in total. The molecular formula is C14H17N3O3S. The largest absolute Gasteiger partial charge is 0.495 e. The van der Waals surface area contributed by atoms with Gasteiger partial charge in [0, 0.05) is 18.9 Å². The van der Waals surface area contributed by atoms with Crippen molar-refractivity contribution in [2.24, 2.45) is 5.73 Å². The number of aryl methyl sites for hydroxylation is 1. The highest BCUT2D eigenvalue weighted by atomic mass is 32.2. The summed E-state index contributed by atoms with van der Waals surface area (Å²) in [6.45, 7) is 2.03. The van der Waals surface area contributed by atoms with Gasteiger partial charge in [0.25, 0.3) is 10.0 Å². The van der Waals surface area contributed by atoms with Crippen molar-refractivity contribution in [2.75, 3.05) is 11.8 Å². The number of nitrogens with zero attached hydrogens (tertiary/aromatic N) is 1. The highest BCUT2D eigenvalue weighted by molar-refractivity contribution is 7.92. The van der Waals surface area contributed by atoms with Crippen LogP contribution < -0.4 is 15.2 Å². The Morgan fingerprint density at radius 2 is 2.10 bits per heavy atom. The van der Waals surface area contributed by atoms with Crippen molar-refractivity contribution < 1.29 is 13.2 Å². The molecule has 0 saturated carbocycles. The monoisotopic (exact) mass is 307 g/mol. The number of sulfonamides is 1. The summed E-state index contributed by atoms with van der Waals surface area (Å²) >= 11 is 0. The Bertz CT molecular complexity index is 745. The number of nitrogens with two attached hydrogens (primary N) is 1. The van der Waals surface area contributed by atoms with Crippen molar-refractivity contribution in [2.45, 2.75) is 18.4 Å². The minimum absolute atomic E-state index is 0.0594. The van der Waals surface area contributed by atoms with E-state index < -0.39 is 10.0 Å². The van der Waals surface area contributed by atoms with Crippen molar-refractivity contribution in [3.63, 3.8) is 0 Å². The summed E-state index contributed by atoms with van der Waals surface area (Å²) in [6.07, 6.45) is 3.11. The topological polar surface area (TPSA) is 94.3 Å². The third-order valence-electron chi connectivity index (χ3n) is 3.02. The molecule has 0 amide bonds. The van der Waals surface area contributed by atoms with Crippen molar-refractivity contribution in [3.8, 4) is 5.75 Å². The van der Waals surface area contributed by atoms with E-state index in [1.54, 1.807) is 31.3 Å². The molecule has 0 aliphatic rings. The molecule has 0 aliphatic heterocycles. The highest BCUT2D eigenvalue weighted by Crippen LogP contribution is 2.27. The second-order valence-electron chi connectivity index (χ2n) is 4.49. The SMILES string of the molecule is COc1ccc(CN)cc1S(=O)(=O)Nc1ccncc1C. The number of rotatable bonds is 5. The van der Waals surface area contributed by atoms with Crippen molar-refractivity contribution in [3.05, 3.63) is 47.8 Å². The molecule has 2 aromatic rings. The molecule has 0 unspecified atom stereocenters. The van der Waals surface area contributed by atoms with E-state index in [0.29, 0.717) is 11.3 Å². The minimum atomic E-state index is -3.77. The zero-order valence-electron chi connectivity index (χ0n) is 11.8. The molecule has 1 aromatic carbocycles. The van der Waals surface area contributed by atoms with Gasteiger partial charge in [-0.25, -0.2) is 8.42 Å². The van der Waals surface area contributed by atoms with E-state index in [1.165, 1.54) is 19.4 Å². The lowest BCUT2D eigenvalue weighted by molar-refractivity contribution is 0.402. The number of anilines is 1.